The Labute approximate surface area is 160 Å². The fraction of sp³-hybridized carbons (Fsp3) is 0.591. The number of aromatic hydroxyl groups is 1. The minimum Gasteiger partial charge on any atom is -0.507 e. The highest BCUT2D eigenvalue weighted by Gasteiger charge is 2.29. The van der Waals surface area contributed by atoms with Gasteiger partial charge in [-0.3, -0.25) is 4.79 Å². The first-order valence-corrected chi connectivity index (χ1v) is 10.4. The molecule has 1 aliphatic heterocycles. The van der Waals surface area contributed by atoms with E-state index < -0.39 is 0 Å². The Morgan fingerprint density at radius 1 is 1.22 bits per heavy atom. The van der Waals surface area contributed by atoms with Gasteiger partial charge in [-0.15, -0.1) is 0 Å². The molecule has 146 valence electrons. The van der Waals surface area contributed by atoms with Gasteiger partial charge in [0, 0.05) is 11.4 Å². The van der Waals surface area contributed by atoms with E-state index in [-0.39, 0.29) is 17.7 Å². The summed E-state index contributed by atoms with van der Waals surface area (Å²) in [6, 6.07) is 4.31. The van der Waals surface area contributed by atoms with Gasteiger partial charge < -0.3 is 19.7 Å². The molecule has 27 heavy (non-hydrogen) atoms. The summed E-state index contributed by atoms with van der Waals surface area (Å²) in [5.74, 6) is 0.837. The monoisotopic (exact) mass is 371 g/mol. The first-order valence-electron chi connectivity index (χ1n) is 10.4. The molecule has 5 heteroatoms. The van der Waals surface area contributed by atoms with Crippen molar-refractivity contribution < 1.29 is 19.2 Å². The Bertz CT molecular complexity index is 836. The van der Waals surface area contributed by atoms with Crippen molar-refractivity contribution in [3.8, 4) is 5.75 Å². The maximum atomic E-state index is 13.1. The van der Waals surface area contributed by atoms with E-state index in [9.17, 15) is 9.90 Å². The molecule has 1 unspecified atom stereocenters. The van der Waals surface area contributed by atoms with Gasteiger partial charge in [-0.25, -0.2) is 0 Å². The molecule has 1 saturated heterocycles. The first kappa shape index (κ1) is 18.4. The Morgan fingerprint density at radius 2 is 1.96 bits per heavy atom. The third-order valence-corrected chi connectivity index (χ3v) is 6.52. The molecule has 2 atom stereocenters. The Morgan fingerprint density at radius 3 is 2.70 bits per heavy atom. The lowest BCUT2D eigenvalue weighted by atomic mass is 9.99. The number of phenols is 1. The fourth-order valence-corrected chi connectivity index (χ4v) is 4.89. The van der Waals surface area contributed by atoms with Gasteiger partial charge in [0.15, 0.2) is 0 Å². The van der Waals surface area contributed by atoms with Crippen LogP contribution in [0.2, 0.25) is 0 Å². The highest BCUT2D eigenvalue weighted by Crippen LogP contribution is 2.34. The molecule has 4 rings (SSSR count). The average molecular weight is 372 g/mol. The number of rotatable bonds is 4. The summed E-state index contributed by atoms with van der Waals surface area (Å²) in [6.07, 6.45) is 8.17. The molecule has 1 saturated carbocycles. The van der Waals surface area contributed by atoms with Crippen LogP contribution in [0.25, 0.3) is 11.0 Å². The normalized spacial score (nSPS) is 23.8. The molecule has 1 aromatic carbocycles. The number of aryl methyl sites for hydroxylation is 1. The quantitative estimate of drug-likeness (QED) is 0.774. The number of piperidine rings is 1. The minimum absolute atomic E-state index is 0.0632. The SMILES string of the molecule is Cc1oc2ccc(O)c(C[NH+]3CCCC[C@H]3C)c2c1C(=O)NC1CCCC1. The molecule has 1 aliphatic carbocycles. The third-order valence-electron chi connectivity index (χ3n) is 6.52. The van der Waals surface area contributed by atoms with E-state index >= 15 is 0 Å². The number of hydrogen-bond acceptors (Lipinski definition) is 3. The van der Waals surface area contributed by atoms with Crippen molar-refractivity contribution in [2.75, 3.05) is 6.54 Å². The van der Waals surface area contributed by atoms with Crippen LogP contribution in [0, 0.1) is 6.92 Å². The van der Waals surface area contributed by atoms with Gasteiger partial charge >= 0.3 is 0 Å². The molecule has 1 aromatic heterocycles. The van der Waals surface area contributed by atoms with E-state index in [1.54, 1.807) is 12.1 Å². The molecule has 2 aliphatic rings. The van der Waals surface area contributed by atoms with Crippen molar-refractivity contribution in [3.63, 3.8) is 0 Å². The van der Waals surface area contributed by atoms with Crippen LogP contribution in [0.3, 0.4) is 0 Å². The lowest BCUT2D eigenvalue weighted by Gasteiger charge is -2.30. The van der Waals surface area contributed by atoms with Crippen molar-refractivity contribution in [1.82, 2.24) is 5.32 Å². The number of carbonyl (C=O) groups excluding carboxylic acids is 1. The number of phenolic OH excluding ortho intramolecular Hbond substituents is 1. The van der Waals surface area contributed by atoms with E-state index in [0.29, 0.717) is 22.9 Å². The lowest BCUT2D eigenvalue weighted by Crippen LogP contribution is -3.14. The molecule has 0 spiro atoms. The topological polar surface area (TPSA) is 66.9 Å². The van der Waals surface area contributed by atoms with Crippen LogP contribution >= 0.6 is 0 Å². The average Bonchev–Trinajstić information content (AvgIpc) is 3.26. The van der Waals surface area contributed by atoms with Gasteiger partial charge in [0.1, 0.15) is 23.6 Å². The van der Waals surface area contributed by atoms with Crippen LogP contribution in [0.15, 0.2) is 16.5 Å². The third kappa shape index (κ3) is 3.57. The summed E-state index contributed by atoms with van der Waals surface area (Å²) in [4.78, 5) is 14.5. The Kier molecular flexibility index (Phi) is 5.13. The number of carbonyl (C=O) groups is 1. The molecule has 0 bridgehead atoms. The van der Waals surface area contributed by atoms with Gasteiger partial charge in [0.25, 0.3) is 5.91 Å². The largest absolute Gasteiger partial charge is 0.507 e. The second-order valence-electron chi connectivity index (χ2n) is 8.41. The molecule has 2 fully saturated rings. The highest BCUT2D eigenvalue weighted by molar-refractivity contribution is 6.09. The van der Waals surface area contributed by atoms with Crippen LogP contribution in [0.4, 0.5) is 0 Å². The molecule has 5 nitrogen and oxygen atoms in total. The van der Waals surface area contributed by atoms with Gasteiger partial charge in [0.05, 0.1) is 23.7 Å². The van der Waals surface area contributed by atoms with Crippen LogP contribution in [0.5, 0.6) is 5.75 Å². The molecular formula is C22H31N2O3+. The summed E-state index contributed by atoms with van der Waals surface area (Å²) in [6.45, 7) is 5.96. The number of amides is 1. The van der Waals surface area contributed by atoms with E-state index in [1.165, 1.54) is 37.0 Å². The highest BCUT2D eigenvalue weighted by atomic mass is 16.3. The number of furan rings is 1. The van der Waals surface area contributed by atoms with Crippen molar-refractivity contribution >= 4 is 16.9 Å². The summed E-state index contributed by atoms with van der Waals surface area (Å²) in [5, 5.41) is 14.6. The second-order valence-corrected chi connectivity index (χ2v) is 8.41. The van der Waals surface area contributed by atoms with E-state index in [4.69, 9.17) is 4.42 Å². The summed E-state index contributed by atoms with van der Waals surface area (Å²) in [5.41, 5.74) is 2.15. The summed E-state index contributed by atoms with van der Waals surface area (Å²) < 4.78 is 5.92. The van der Waals surface area contributed by atoms with Crippen LogP contribution in [0.1, 0.15) is 73.6 Å². The smallest absolute Gasteiger partial charge is 0.255 e. The zero-order valence-electron chi connectivity index (χ0n) is 16.4. The summed E-state index contributed by atoms with van der Waals surface area (Å²) >= 11 is 0. The van der Waals surface area contributed by atoms with Gasteiger partial charge in [-0.2, -0.15) is 0 Å². The van der Waals surface area contributed by atoms with Crippen LogP contribution in [-0.2, 0) is 6.54 Å². The van der Waals surface area contributed by atoms with Crippen molar-refractivity contribution in [3.05, 3.63) is 29.0 Å². The fourth-order valence-electron chi connectivity index (χ4n) is 4.89. The van der Waals surface area contributed by atoms with E-state index in [2.05, 4.69) is 12.2 Å². The molecule has 2 heterocycles. The molecule has 3 N–H and O–H groups in total. The molecule has 1 amide bonds. The number of hydrogen-bond donors (Lipinski definition) is 3. The predicted octanol–water partition coefficient (Wildman–Crippen LogP) is 3.08. The zero-order chi connectivity index (χ0) is 19.0. The second kappa shape index (κ2) is 7.55. The van der Waals surface area contributed by atoms with Crippen molar-refractivity contribution in [2.24, 2.45) is 0 Å². The van der Waals surface area contributed by atoms with Gasteiger partial charge in [-0.1, -0.05) is 12.8 Å². The number of quaternary nitrogens is 1. The number of fused-ring (bicyclic) bond motifs is 1. The van der Waals surface area contributed by atoms with Crippen molar-refractivity contribution in [1.29, 1.82) is 0 Å². The number of nitrogens with one attached hydrogen (secondary N) is 2. The number of likely N-dealkylation sites (tertiary alicyclic amines) is 1. The standard InChI is InChI=1S/C22H30N2O3/c1-14-7-5-6-12-24(14)13-17-18(25)10-11-19-21(17)20(15(2)27-19)22(26)23-16-8-3-4-9-16/h10-11,14,16,25H,3-9,12-13H2,1-2H3,(H,23,26)/p+1/t14-/m1/s1. The Balaban J connectivity index is 1.71. The molecule has 0 radical (unpaired) electrons. The maximum Gasteiger partial charge on any atom is 0.255 e. The summed E-state index contributed by atoms with van der Waals surface area (Å²) in [7, 11) is 0. The predicted molar refractivity (Wildman–Crippen MR) is 105 cm³/mol. The van der Waals surface area contributed by atoms with Crippen LogP contribution < -0.4 is 10.2 Å². The number of benzene rings is 1. The molecule has 2 aromatic rings. The van der Waals surface area contributed by atoms with Crippen LogP contribution in [-0.4, -0.2) is 29.6 Å². The zero-order valence-corrected chi connectivity index (χ0v) is 16.4. The van der Waals surface area contributed by atoms with Gasteiger partial charge in [0.2, 0.25) is 0 Å². The first-order chi connectivity index (χ1) is 13.0. The maximum absolute atomic E-state index is 13.1. The van der Waals surface area contributed by atoms with E-state index in [1.807, 2.05) is 6.92 Å². The minimum atomic E-state index is -0.0632. The van der Waals surface area contributed by atoms with Gasteiger partial charge in [-0.05, 0) is 58.1 Å². The Hall–Kier alpha value is -2.01. The lowest BCUT2D eigenvalue weighted by molar-refractivity contribution is -0.941. The van der Waals surface area contributed by atoms with E-state index in [0.717, 1.165) is 36.9 Å². The van der Waals surface area contributed by atoms with Crippen molar-refractivity contribution in [2.45, 2.75) is 77.4 Å². The molecular weight excluding hydrogens is 340 g/mol.